The Bertz CT molecular complexity index is 489. The van der Waals surface area contributed by atoms with Crippen LogP contribution in [0, 0.1) is 17.8 Å². The molecule has 6 atom stereocenters. The summed E-state index contributed by atoms with van der Waals surface area (Å²) in [5.74, 6) is 0.631. The summed E-state index contributed by atoms with van der Waals surface area (Å²) in [7, 11) is 0. The molecule has 4 heteroatoms. The predicted molar refractivity (Wildman–Crippen MR) is 114 cm³/mol. The van der Waals surface area contributed by atoms with E-state index in [2.05, 4.69) is 31.2 Å². The standard InChI is InChI=1S/C24H42O4/c1-2-3-8-15-24(28,21-18-23(21)27)16-10-12-20-19(13-14-22(20)26)11-7-5-4-6-9-17-25/h5,7,10,12,19-23,25-28H,2-4,6,8-9,11,13-18H2,1H3/t19-,20+,21?,22+,23?,24?/m0/s1. The van der Waals surface area contributed by atoms with Gasteiger partial charge in [-0.15, -0.1) is 0 Å². The number of aliphatic hydroxyl groups is 4. The molecule has 2 saturated carbocycles. The summed E-state index contributed by atoms with van der Waals surface area (Å²) in [5, 5.41) is 40.2. The number of allylic oxidation sites excluding steroid dienone is 2. The van der Waals surface area contributed by atoms with Gasteiger partial charge in [0, 0.05) is 18.4 Å². The molecular formula is C24H42O4. The smallest absolute Gasteiger partial charge is 0.0735 e. The van der Waals surface area contributed by atoms with Gasteiger partial charge in [-0.25, -0.2) is 0 Å². The second-order valence-corrected chi connectivity index (χ2v) is 9.01. The van der Waals surface area contributed by atoms with Gasteiger partial charge in [0.25, 0.3) is 0 Å². The molecule has 2 aliphatic carbocycles. The third-order valence-corrected chi connectivity index (χ3v) is 6.70. The van der Waals surface area contributed by atoms with Crippen LogP contribution in [0.5, 0.6) is 0 Å². The van der Waals surface area contributed by atoms with Gasteiger partial charge in [0.2, 0.25) is 0 Å². The van der Waals surface area contributed by atoms with Crippen LogP contribution in [0.15, 0.2) is 24.3 Å². The summed E-state index contributed by atoms with van der Waals surface area (Å²) in [4.78, 5) is 0. The predicted octanol–water partition coefficient (Wildman–Crippen LogP) is 4.12. The molecule has 4 N–H and O–H groups in total. The maximum absolute atomic E-state index is 11.1. The molecule has 4 nitrogen and oxygen atoms in total. The van der Waals surface area contributed by atoms with Gasteiger partial charge in [-0.2, -0.15) is 0 Å². The molecule has 2 rings (SSSR count). The summed E-state index contributed by atoms with van der Waals surface area (Å²) < 4.78 is 0. The summed E-state index contributed by atoms with van der Waals surface area (Å²) in [6.07, 6.45) is 19.0. The van der Waals surface area contributed by atoms with Crippen LogP contribution in [0.4, 0.5) is 0 Å². The fourth-order valence-corrected chi connectivity index (χ4v) is 4.72. The molecule has 0 aromatic carbocycles. The fourth-order valence-electron chi connectivity index (χ4n) is 4.72. The highest BCUT2D eigenvalue weighted by molar-refractivity contribution is 5.08. The van der Waals surface area contributed by atoms with Gasteiger partial charge in [-0.05, 0) is 63.7 Å². The van der Waals surface area contributed by atoms with E-state index in [0.717, 1.165) is 64.2 Å². The Morgan fingerprint density at radius 2 is 1.75 bits per heavy atom. The highest BCUT2D eigenvalue weighted by atomic mass is 16.3. The molecule has 0 bridgehead atoms. The molecule has 162 valence electrons. The SMILES string of the molecule is CCCCCC(O)(CC=C[C@@H]1[C@@H](CC=CCCCCO)CC[C@H]1O)C1CC1O. The maximum atomic E-state index is 11.1. The van der Waals surface area contributed by atoms with E-state index in [9.17, 15) is 15.3 Å². The highest BCUT2D eigenvalue weighted by Gasteiger charge is 2.50. The zero-order chi connectivity index (χ0) is 20.4. The largest absolute Gasteiger partial charge is 0.396 e. The lowest BCUT2D eigenvalue weighted by molar-refractivity contribution is -0.00425. The average molecular weight is 395 g/mol. The molecular weight excluding hydrogens is 352 g/mol. The Morgan fingerprint density at radius 1 is 0.964 bits per heavy atom. The third-order valence-electron chi connectivity index (χ3n) is 6.70. The maximum Gasteiger partial charge on any atom is 0.0735 e. The minimum absolute atomic E-state index is 0.0140. The van der Waals surface area contributed by atoms with Crippen molar-refractivity contribution in [1.29, 1.82) is 0 Å². The van der Waals surface area contributed by atoms with Crippen LogP contribution in [0.25, 0.3) is 0 Å². The first-order valence-electron chi connectivity index (χ1n) is 11.5. The molecule has 2 fully saturated rings. The van der Waals surface area contributed by atoms with Gasteiger partial charge in [0.1, 0.15) is 0 Å². The molecule has 0 aromatic heterocycles. The van der Waals surface area contributed by atoms with Crippen molar-refractivity contribution < 1.29 is 20.4 Å². The lowest BCUT2D eigenvalue weighted by atomic mass is 9.85. The van der Waals surface area contributed by atoms with E-state index in [4.69, 9.17) is 5.11 Å². The Kier molecular flexibility index (Phi) is 10.2. The van der Waals surface area contributed by atoms with Crippen molar-refractivity contribution in [3.05, 3.63) is 24.3 Å². The zero-order valence-corrected chi connectivity index (χ0v) is 17.7. The topological polar surface area (TPSA) is 80.9 Å². The first kappa shape index (κ1) is 23.6. The van der Waals surface area contributed by atoms with E-state index in [1.807, 2.05) is 0 Å². The molecule has 28 heavy (non-hydrogen) atoms. The van der Waals surface area contributed by atoms with Gasteiger partial charge in [0.05, 0.1) is 17.8 Å². The highest BCUT2D eigenvalue weighted by Crippen LogP contribution is 2.45. The van der Waals surface area contributed by atoms with Crippen molar-refractivity contribution in [1.82, 2.24) is 0 Å². The summed E-state index contributed by atoms with van der Waals surface area (Å²) in [5.41, 5.74) is -0.795. The molecule has 3 unspecified atom stereocenters. The van der Waals surface area contributed by atoms with Crippen LogP contribution >= 0.6 is 0 Å². The first-order chi connectivity index (χ1) is 13.5. The van der Waals surface area contributed by atoms with E-state index in [1.165, 1.54) is 0 Å². The van der Waals surface area contributed by atoms with Crippen LogP contribution in [-0.2, 0) is 0 Å². The molecule has 0 saturated heterocycles. The normalized spacial score (nSPS) is 32.4. The van der Waals surface area contributed by atoms with Gasteiger partial charge < -0.3 is 20.4 Å². The van der Waals surface area contributed by atoms with Crippen molar-refractivity contribution in [2.45, 2.75) is 102 Å². The van der Waals surface area contributed by atoms with Crippen LogP contribution in [0.1, 0.15) is 84.0 Å². The number of unbranched alkanes of at least 4 members (excludes halogenated alkanes) is 4. The van der Waals surface area contributed by atoms with Crippen molar-refractivity contribution in [3.63, 3.8) is 0 Å². The van der Waals surface area contributed by atoms with Gasteiger partial charge >= 0.3 is 0 Å². The van der Waals surface area contributed by atoms with Gasteiger partial charge in [-0.3, -0.25) is 0 Å². The van der Waals surface area contributed by atoms with E-state index in [0.29, 0.717) is 18.8 Å². The van der Waals surface area contributed by atoms with Crippen molar-refractivity contribution in [2.24, 2.45) is 17.8 Å². The van der Waals surface area contributed by atoms with Crippen molar-refractivity contribution >= 4 is 0 Å². The van der Waals surface area contributed by atoms with E-state index < -0.39 is 5.60 Å². The minimum Gasteiger partial charge on any atom is -0.396 e. The number of hydrogen-bond donors (Lipinski definition) is 4. The molecule has 0 spiro atoms. The summed E-state index contributed by atoms with van der Waals surface area (Å²) in [6.45, 7) is 2.42. The van der Waals surface area contributed by atoms with Gasteiger partial charge in [0.15, 0.2) is 0 Å². The fraction of sp³-hybridized carbons (Fsp3) is 0.833. The zero-order valence-electron chi connectivity index (χ0n) is 17.7. The van der Waals surface area contributed by atoms with E-state index >= 15 is 0 Å². The quantitative estimate of drug-likeness (QED) is 0.264. The molecule has 0 amide bonds. The summed E-state index contributed by atoms with van der Waals surface area (Å²) in [6, 6.07) is 0. The Hall–Kier alpha value is -0.680. The first-order valence-corrected chi connectivity index (χ1v) is 11.5. The average Bonchev–Trinajstić information content (AvgIpc) is 3.32. The number of rotatable bonds is 14. The molecule has 0 aliphatic heterocycles. The minimum atomic E-state index is -0.795. The van der Waals surface area contributed by atoms with Crippen LogP contribution in [-0.4, -0.2) is 44.8 Å². The molecule has 0 radical (unpaired) electrons. The van der Waals surface area contributed by atoms with Crippen LogP contribution < -0.4 is 0 Å². The monoisotopic (exact) mass is 394 g/mol. The Morgan fingerprint density at radius 3 is 2.43 bits per heavy atom. The van der Waals surface area contributed by atoms with E-state index in [1.54, 1.807) is 0 Å². The van der Waals surface area contributed by atoms with E-state index in [-0.39, 0.29) is 30.7 Å². The van der Waals surface area contributed by atoms with Crippen molar-refractivity contribution in [2.75, 3.05) is 6.61 Å². The van der Waals surface area contributed by atoms with Crippen LogP contribution in [0.3, 0.4) is 0 Å². The molecule has 2 aliphatic rings. The third kappa shape index (κ3) is 7.29. The second-order valence-electron chi connectivity index (χ2n) is 9.01. The molecule has 0 aromatic rings. The van der Waals surface area contributed by atoms with Crippen LogP contribution in [0.2, 0.25) is 0 Å². The van der Waals surface area contributed by atoms with Crippen molar-refractivity contribution in [3.8, 4) is 0 Å². The van der Waals surface area contributed by atoms with Gasteiger partial charge in [-0.1, -0.05) is 50.5 Å². The molecule has 0 heterocycles. The second kappa shape index (κ2) is 12.1. The Balaban J connectivity index is 1.84. The lowest BCUT2D eigenvalue weighted by Gasteiger charge is -2.28. The lowest BCUT2D eigenvalue weighted by Crippen LogP contribution is -2.32. The number of hydrogen-bond acceptors (Lipinski definition) is 4. The number of aliphatic hydroxyl groups excluding tert-OH is 3. The summed E-state index contributed by atoms with van der Waals surface area (Å²) >= 11 is 0. The Labute approximate surface area is 171 Å².